The van der Waals surface area contributed by atoms with Gasteiger partial charge < -0.3 is 0 Å². The third-order valence-electron chi connectivity index (χ3n) is 3.91. The number of rotatable bonds is 3. The highest BCUT2D eigenvalue weighted by atomic mass is 32.1. The number of nitrogens with zero attached hydrogens (tertiary/aromatic N) is 1. The van der Waals surface area contributed by atoms with Crippen molar-refractivity contribution in [3.8, 4) is 0 Å². The van der Waals surface area contributed by atoms with E-state index in [1.807, 2.05) is 11.4 Å². The summed E-state index contributed by atoms with van der Waals surface area (Å²) >= 11 is 1.64. The molecular formula is C15H18N2OS. The standard InChI is InChI=1S/C15H18N2OS/c1-9(2)14-7-11(8-19-14)15(18)17-16-13-6-10-4-3-5-12(10)13/h3-4,7-10,12H,5-6H2,1-2H3,(H,17,18)/b16-13-/t10-,12+/m0/s1. The van der Waals surface area contributed by atoms with Crippen molar-refractivity contribution >= 4 is 23.0 Å². The largest absolute Gasteiger partial charge is 0.272 e. The molecule has 0 spiro atoms. The van der Waals surface area contributed by atoms with Gasteiger partial charge in [0.15, 0.2) is 0 Å². The minimum atomic E-state index is -0.0925. The molecule has 100 valence electrons. The van der Waals surface area contributed by atoms with E-state index in [9.17, 15) is 4.79 Å². The summed E-state index contributed by atoms with van der Waals surface area (Å²) in [6.45, 7) is 4.27. The molecule has 1 aromatic heterocycles. The van der Waals surface area contributed by atoms with Gasteiger partial charge in [0.05, 0.1) is 5.56 Å². The number of carbonyl (C=O) groups excluding carboxylic acids is 1. The van der Waals surface area contributed by atoms with E-state index in [1.54, 1.807) is 11.3 Å². The highest BCUT2D eigenvalue weighted by molar-refractivity contribution is 7.10. The van der Waals surface area contributed by atoms with Crippen LogP contribution < -0.4 is 5.43 Å². The Balaban J connectivity index is 1.61. The first-order valence-corrected chi connectivity index (χ1v) is 7.65. The Kier molecular flexibility index (Phi) is 3.27. The van der Waals surface area contributed by atoms with Crippen LogP contribution in [0.1, 0.15) is 47.8 Å². The fourth-order valence-corrected chi connectivity index (χ4v) is 3.53. The maximum atomic E-state index is 12.0. The Bertz CT molecular complexity index is 556. The molecule has 0 bridgehead atoms. The highest BCUT2D eigenvalue weighted by Gasteiger charge is 2.38. The quantitative estimate of drug-likeness (QED) is 0.664. The van der Waals surface area contributed by atoms with Crippen molar-refractivity contribution in [3.05, 3.63) is 34.0 Å². The van der Waals surface area contributed by atoms with Crippen LogP contribution in [-0.4, -0.2) is 11.6 Å². The lowest BCUT2D eigenvalue weighted by Gasteiger charge is -2.31. The van der Waals surface area contributed by atoms with Gasteiger partial charge >= 0.3 is 0 Å². The molecular weight excluding hydrogens is 256 g/mol. The first kappa shape index (κ1) is 12.6. The average molecular weight is 274 g/mol. The molecule has 2 atom stereocenters. The van der Waals surface area contributed by atoms with Crippen LogP contribution in [0.3, 0.4) is 0 Å². The van der Waals surface area contributed by atoms with E-state index in [4.69, 9.17) is 0 Å². The predicted molar refractivity (Wildman–Crippen MR) is 78.7 cm³/mol. The second kappa shape index (κ2) is 4.93. The molecule has 0 aliphatic heterocycles. The van der Waals surface area contributed by atoms with Gasteiger partial charge in [0.1, 0.15) is 0 Å². The molecule has 19 heavy (non-hydrogen) atoms. The zero-order valence-electron chi connectivity index (χ0n) is 11.2. The number of hydrogen-bond donors (Lipinski definition) is 1. The Hall–Kier alpha value is -1.42. The van der Waals surface area contributed by atoms with Gasteiger partial charge in [-0.25, -0.2) is 5.43 Å². The monoisotopic (exact) mass is 274 g/mol. The van der Waals surface area contributed by atoms with E-state index < -0.39 is 0 Å². The molecule has 3 rings (SSSR count). The summed E-state index contributed by atoms with van der Waals surface area (Å²) < 4.78 is 0. The fourth-order valence-electron chi connectivity index (χ4n) is 2.63. The fraction of sp³-hybridized carbons (Fsp3) is 0.467. The number of thiophene rings is 1. The molecule has 1 saturated carbocycles. The van der Waals surface area contributed by atoms with Crippen molar-refractivity contribution in [3.63, 3.8) is 0 Å². The molecule has 0 saturated heterocycles. The van der Waals surface area contributed by atoms with Crippen LogP contribution >= 0.6 is 11.3 Å². The lowest BCUT2D eigenvalue weighted by atomic mass is 9.74. The lowest BCUT2D eigenvalue weighted by molar-refractivity contribution is 0.0954. The zero-order chi connectivity index (χ0) is 13.4. The Morgan fingerprint density at radius 2 is 2.37 bits per heavy atom. The van der Waals surface area contributed by atoms with Gasteiger partial charge in [0.2, 0.25) is 0 Å². The van der Waals surface area contributed by atoms with E-state index in [0.717, 1.165) is 24.1 Å². The topological polar surface area (TPSA) is 41.5 Å². The number of nitrogens with one attached hydrogen (secondary N) is 1. The van der Waals surface area contributed by atoms with Crippen LogP contribution in [0.5, 0.6) is 0 Å². The van der Waals surface area contributed by atoms with Crippen molar-refractivity contribution in [1.82, 2.24) is 5.43 Å². The van der Waals surface area contributed by atoms with Gasteiger partial charge in [0, 0.05) is 21.9 Å². The molecule has 0 radical (unpaired) electrons. The molecule has 3 nitrogen and oxygen atoms in total. The lowest BCUT2D eigenvalue weighted by Crippen LogP contribution is -2.35. The van der Waals surface area contributed by atoms with E-state index in [-0.39, 0.29) is 5.91 Å². The Labute approximate surface area is 117 Å². The Morgan fingerprint density at radius 1 is 1.53 bits per heavy atom. The van der Waals surface area contributed by atoms with Gasteiger partial charge in [0.25, 0.3) is 5.91 Å². The molecule has 4 heteroatoms. The summed E-state index contributed by atoms with van der Waals surface area (Å²) in [7, 11) is 0. The second-order valence-corrected chi connectivity index (χ2v) is 6.52. The molecule has 0 unspecified atom stereocenters. The van der Waals surface area contributed by atoms with Crippen LogP contribution in [0.2, 0.25) is 0 Å². The van der Waals surface area contributed by atoms with Crippen molar-refractivity contribution in [2.45, 2.75) is 32.6 Å². The molecule has 2 aliphatic rings. The Morgan fingerprint density at radius 3 is 3.05 bits per heavy atom. The molecule has 1 N–H and O–H groups in total. The van der Waals surface area contributed by atoms with Crippen LogP contribution in [0.4, 0.5) is 0 Å². The first-order chi connectivity index (χ1) is 9.15. The summed E-state index contributed by atoms with van der Waals surface area (Å²) in [5.74, 6) is 1.60. The summed E-state index contributed by atoms with van der Waals surface area (Å²) in [6.07, 6.45) is 6.56. The molecule has 1 aromatic rings. The number of fused-ring (bicyclic) bond motifs is 1. The number of carbonyl (C=O) groups is 1. The van der Waals surface area contributed by atoms with E-state index in [0.29, 0.717) is 17.8 Å². The highest BCUT2D eigenvalue weighted by Crippen LogP contribution is 2.40. The van der Waals surface area contributed by atoms with Crippen LogP contribution in [0.15, 0.2) is 28.7 Å². The normalized spacial score (nSPS) is 26.6. The molecule has 1 fully saturated rings. The predicted octanol–water partition coefficient (Wildman–Crippen LogP) is 3.55. The molecule has 2 aliphatic carbocycles. The maximum Gasteiger partial charge on any atom is 0.272 e. The minimum Gasteiger partial charge on any atom is -0.267 e. The summed E-state index contributed by atoms with van der Waals surface area (Å²) in [5, 5.41) is 6.19. The third kappa shape index (κ3) is 2.37. The van der Waals surface area contributed by atoms with Crippen molar-refractivity contribution in [2.24, 2.45) is 16.9 Å². The number of amides is 1. The summed E-state index contributed by atoms with van der Waals surface area (Å²) in [6, 6.07) is 1.96. The SMILES string of the molecule is CC(C)c1cc(C(=O)N/N=C2/C[C@@H]3C=CC[C@@H]23)cs1. The molecule has 0 aromatic carbocycles. The zero-order valence-corrected chi connectivity index (χ0v) is 12.0. The van der Waals surface area contributed by atoms with E-state index in [2.05, 4.69) is 36.5 Å². The average Bonchev–Trinajstić information content (AvgIpc) is 2.96. The van der Waals surface area contributed by atoms with Gasteiger partial charge in [-0.05, 0) is 30.7 Å². The first-order valence-electron chi connectivity index (χ1n) is 6.77. The smallest absolute Gasteiger partial charge is 0.267 e. The van der Waals surface area contributed by atoms with Crippen LogP contribution in [-0.2, 0) is 0 Å². The van der Waals surface area contributed by atoms with Gasteiger partial charge in [-0.2, -0.15) is 5.10 Å². The van der Waals surface area contributed by atoms with E-state index >= 15 is 0 Å². The van der Waals surface area contributed by atoms with Crippen molar-refractivity contribution < 1.29 is 4.79 Å². The van der Waals surface area contributed by atoms with Crippen LogP contribution in [0.25, 0.3) is 0 Å². The van der Waals surface area contributed by atoms with E-state index in [1.165, 1.54) is 4.88 Å². The molecule has 1 amide bonds. The van der Waals surface area contributed by atoms with Crippen LogP contribution in [0, 0.1) is 11.8 Å². The number of allylic oxidation sites excluding steroid dienone is 2. The molecule has 1 heterocycles. The summed E-state index contributed by atoms with van der Waals surface area (Å²) in [5.41, 5.74) is 4.56. The summed E-state index contributed by atoms with van der Waals surface area (Å²) in [4.78, 5) is 13.2. The maximum absolute atomic E-state index is 12.0. The minimum absolute atomic E-state index is 0.0925. The van der Waals surface area contributed by atoms with Gasteiger partial charge in [-0.3, -0.25) is 4.79 Å². The van der Waals surface area contributed by atoms with Gasteiger partial charge in [-0.15, -0.1) is 11.3 Å². The number of hydrogen-bond acceptors (Lipinski definition) is 3. The van der Waals surface area contributed by atoms with Crippen molar-refractivity contribution in [1.29, 1.82) is 0 Å². The second-order valence-electron chi connectivity index (χ2n) is 5.57. The third-order valence-corrected chi connectivity index (χ3v) is 5.15. The van der Waals surface area contributed by atoms with Crippen molar-refractivity contribution in [2.75, 3.05) is 0 Å². The number of hydrazone groups is 1. The van der Waals surface area contributed by atoms with Gasteiger partial charge in [-0.1, -0.05) is 26.0 Å².